The number of nitriles is 1. The van der Waals surface area contributed by atoms with Gasteiger partial charge < -0.3 is 4.90 Å². The summed E-state index contributed by atoms with van der Waals surface area (Å²) < 4.78 is 1.01. The van der Waals surface area contributed by atoms with Crippen LogP contribution in [0.3, 0.4) is 0 Å². The number of benzene rings is 1. The van der Waals surface area contributed by atoms with Gasteiger partial charge in [0.1, 0.15) is 17.5 Å². The van der Waals surface area contributed by atoms with Crippen LogP contribution < -0.4 is 10.2 Å². The molecule has 0 radical (unpaired) electrons. The number of hydrogen-bond acceptors (Lipinski definition) is 5. The quantitative estimate of drug-likeness (QED) is 0.688. The highest BCUT2D eigenvalue weighted by molar-refractivity contribution is 9.10. The SMILES string of the molecule is Cc1nc(NC#N)cc(N(C)c2cc(Br)ccc2C)n1. The van der Waals surface area contributed by atoms with E-state index in [1.807, 2.05) is 43.3 Å². The maximum atomic E-state index is 8.70. The van der Waals surface area contributed by atoms with Crippen LogP contribution in [-0.2, 0) is 0 Å². The molecule has 5 nitrogen and oxygen atoms in total. The third kappa shape index (κ3) is 3.06. The number of aryl methyl sites for hydroxylation is 2. The molecule has 0 aliphatic heterocycles. The van der Waals surface area contributed by atoms with Gasteiger partial charge in [0.25, 0.3) is 0 Å². The van der Waals surface area contributed by atoms with Crippen molar-refractivity contribution in [2.75, 3.05) is 17.3 Å². The van der Waals surface area contributed by atoms with Crippen LogP contribution >= 0.6 is 15.9 Å². The lowest BCUT2D eigenvalue weighted by molar-refractivity contribution is 1.01. The third-order valence-electron chi connectivity index (χ3n) is 2.88. The molecule has 0 fully saturated rings. The Morgan fingerprint density at radius 1 is 1.25 bits per heavy atom. The van der Waals surface area contributed by atoms with Gasteiger partial charge in [-0.05, 0) is 31.5 Å². The Morgan fingerprint density at radius 3 is 2.70 bits per heavy atom. The second-order valence-corrected chi connectivity index (χ2v) is 5.30. The first kappa shape index (κ1) is 14.3. The molecule has 2 rings (SSSR count). The van der Waals surface area contributed by atoms with Crippen molar-refractivity contribution in [3.63, 3.8) is 0 Å². The van der Waals surface area contributed by atoms with Gasteiger partial charge in [0, 0.05) is 23.3 Å². The number of nitrogens with one attached hydrogen (secondary N) is 1. The molecule has 1 aromatic carbocycles. The lowest BCUT2D eigenvalue weighted by Crippen LogP contribution is -2.14. The molecule has 20 heavy (non-hydrogen) atoms. The van der Waals surface area contributed by atoms with E-state index in [0.29, 0.717) is 11.6 Å². The zero-order chi connectivity index (χ0) is 14.7. The maximum Gasteiger partial charge on any atom is 0.182 e. The van der Waals surface area contributed by atoms with Crippen molar-refractivity contribution in [1.29, 1.82) is 5.26 Å². The van der Waals surface area contributed by atoms with E-state index in [-0.39, 0.29) is 0 Å². The van der Waals surface area contributed by atoms with Gasteiger partial charge in [-0.3, -0.25) is 5.32 Å². The van der Waals surface area contributed by atoms with Gasteiger partial charge in [0.2, 0.25) is 0 Å². The molecule has 0 aliphatic carbocycles. The van der Waals surface area contributed by atoms with E-state index < -0.39 is 0 Å². The van der Waals surface area contributed by atoms with E-state index in [1.54, 1.807) is 13.0 Å². The molecule has 0 atom stereocenters. The van der Waals surface area contributed by atoms with Crippen LogP contribution in [0.25, 0.3) is 0 Å². The number of aromatic nitrogens is 2. The second-order valence-electron chi connectivity index (χ2n) is 4.39. The highest BCUT2D eigenvalue weighted by Crippen LogP contribution is 2.29. The van der Waals surface area contributed by atoms with Gasteiger partial charge in [-0.1, -0.05) is 22.0 Å². The third-order valence-corrected chi connectivity index (χ3v) is 3.38. The second kappa shape index (κ2) is 5.88. The standard InChI is InChI=1S/C14H14BrN5/c1-9-4-5-11(15)6-12(9)20(3)14-7-13(17-8-16)18-10(2)19-14/h4-7H,1-3H3,(H,17,18,19). The summed E-state index contributed by atoms with van der Waals surface area (Å²) in [7, 11) is 1.94. The predicted octanol–water partition coefficient (Wildman–Crippen LogP) is 3.52. The zero-order valence-electron chi connectivity index (χ0n) is 11.5. The lowest BCUT2D eigenvalue weighted by Gasteiger charge is -2.21. The summed E-state index contributed by atoms with van der Waals surface area (Å²) in [5.41, 5.74) is 2.18. The Morgan fingerprint density at radius 2 is 2.00 bits per heavy atom. The first-order chi connectivity index (χ1) is 9.51. The van der Waals surface area contributed by atoms with Crippen molar-refractivity contribution in [3.8, 4) is 6.19 Å². The minimum Gasteiger partial charge on any atom is -0.329 e. The molecule has 1 aromatic heterocycles. The van der Waals surface area contributed by atoms with E-state index >= 15 is 0 Å². The number of rotatable bonds is 3. The van der Waals surface area contributed by atoms with E-state index in [4.69, 9.17) is 5.26 Å². The monoisotopic (exact) mass is 331 g/mol. The predicted molar refractivity (Wildman–Crippen MR) is 82.9 cm³/mol. The molecule has 0 aliphatic rings. The molecule has 2 aromatic rings. The number of nitrogens with zero attached hydrogens (tertiary/aromatic N) is 4. The molecule has 0 spiro atoms. The summed E-state index contributed by atoms with van der Waals surface area (Å²) in [6.07, 6.45) is 1.87. The van der Waals surface area contributed by atoms with Crippen molar-refractivity contribution in [2.45, 2.75) is 13.8 Å². The van der Waals surface area contributed by atoms with Crippen LogP contribution in [0.15, 0.2) is 28.7 Å². The topological polar surface area (TPSA) is 64.8 Å². The van der Waals surface area contributed by atoms with E-state index in [9.17, 15) is 0 Å². The minimum atomic E-state index is 0.495. The largest absolute Gasteiger partial charge is 0.329 e. The van der Waals surface area contributed by atoms with Gasteiger partial charge in [-0.25, -0.2) is 9.97 Å². The molecular formula is C14H14BrN5. The fraction of sp³-hybridized carbons (Fsp3) is 0.214. The average Bonchev–Trinajstić information content (AvgIpc) is 2.40. The van der Waals surface area contributed by atoms with E-state index in [1.165, 1.54) is 0 Å². The number of hydrogen-bond donors (Lipinski definition) is 1. The Kier molecular flexibility index (Phi) is 4.20. The first-order valence-corrected chi connectivity index (χ1v) is 6.81. The molecule has 0 saturated carbocycles. The average molecular weight is 332 g/mol. The van der Waals surface area contributed by atoms with Crippen molar-refractivity contribution in [1.82, 2.24) is 9.97 Å². The summed E-state index contributed by atoms with van der Waals surface area (Å²) in [4.78, 5) is 10.5. The highest BCUT2D eigenvalue weighted by Gasteiger charge is 2.11. The molecule has 1 N–H and O–H groups in total. The summed E-state index contributed by atoms with van der Waals surface area (Å²) in [6, 6.07) is 7.82. The normalized spacial score (nSPS) is 9.95. The zero-order valence-corrected chi connectivity index (χ0v) is 13.1. The van der Waals surface area contributed by atoms with Crippen LogP contribution in [0.4, 0.5) is 17.3 Å². The van der Waals surface area contributed by atoms with Crippen LogP contribution in [0, 0.1) is 25.3 Å². The smallest absolute Gasteiger partial charge is 0.182 e. The fourth-order valence-electron chi connectivity index (χ4n) is 1.91. The molecule has 0 amide bonds. The van der Waals surface area contributed by atoms with Crippen LogP contribution in [0.1, 0.15) is 11.4 Å². The van der Waals surface area contributed by atoms with Gasteiger partial charge in [0.15, 0.2) is 6.19 Å². The summed E-state index contributed by atoms with van der Waals surface area (Å²) >= 11 is 3.48. The van der Waals surface area contributed by atoms with E-state index in [0.717, 1.165) is 21.5 Å². The molecule has 1 heterocycles. The van der Waals surface area contributed by atoms with Crippen molar-refractivity contribution in [3.05, 3.63) is 40.1 Å². The Hall–Kier alpha value is -2.13. The summed E-state index contributed by atoms with van der Waals surface area (Å²) in [6.45, 7) is 3.84. The molecule has 0 unspecified atom stereocenters. The van der Waals surface area contributed by atoms with Crippen LogP contribution in [0.5, 0.6) is 0 Å². The summed E-state index contributed by atoms with van der Waals surface area (Å²) in [5, 5.41) is 11.2. The van der Waals surface area contributed by atoms with Gasteiger partial charge in [0.05, 0.1) is 0 Å². The molecule has 0 bridgehead atoms. The van der Waals surface area contributed by atoms with Crippen molar-refractivity contribution >= 4 is 33.3 Å². The number of anilines is 3. The summed E-state index contributed by atoms with van der Waals surface area (Å²) in [5.74, 6) is 1.84. The highest BCUT2D eigenvalue weighted by atomic mass is 79.9. The van der Waals surface area contributed by atoms with E-state index in [2.05, 4.69) is 31.2 Å². The van der Waals surface area contributed by atoms with Gasteiger partial charge >= 0.3 is 0 Å². The van der Waals surface area contributed by atoms with Crippen LogP contribution in [-0.4, -0.2) is 17.0 Å². The van der Waals surface area contributed by atoms with Gasteiger partial charge in [-0.15, -0.1) is 0 Å². The van der Waals surface area contributed by atoms with Crippen molar-refractivity contribution < 1.29 is 0 Å². The first-order valence-electron chi connectivity index (χ1n) is 6.02. The van der Waals surface area contributed by atoms with Crippen molar-refractivity contribution in [2.24, 2.45) is 0 Å². The maximum absolute atomic E-state index is 8.70. The number of halogens is 1. The molecular weight excluding hydrogens is 318 g/mol. The Labute approximate surface area is 126 Å². The molecule has 6 heteroatoms. The molecule has 102 valence electrons. The lowest BCUT2D eigenvalue weighted by atomic mass is 10.2. The van der Waals surface area contributed by atoms with Crippen LogP contribution in [0.2, 0.25) is 0 Å². The van der Waals surface area contributed by atoms with Gasteiger partial charge in [-0.2, -0.15) is 5.26 Å². The Balaban J connectivity index is 2.45. The fourth-order valence-corrected chi connectivity index (χ4v) is 2.26. The minimum absolute atomic E-state index is 0.495. The molecule has 0 saturated heterocycles. The Bertz CT molecular complexity index is 678.